The molecule has 0 aliphatic carbocycles. The molecule has 0 aliphatic heterocycles. The molecular weight excluding hydrogens is 190 g/mol. The van der Waals surface area contributed by atoms with Gasteiger partial charge in [-0.25, -0.2) is 12.7 Å². The van der Waals surface area contributed by atoms with E-state index in [0.29, 0.717) is 9.99 Å². The lowest BCUT2D eigenvalue weighted by Crippen LogP contribution is -2.26. The maximum absolute atomic E-state index is 10.9. The molecule has 1 aromatic carbocycles. The standard InChI is InChI=1S/C8H8NO3S/c1-7(10)9(13(11)12)8-5-3-2-4-6-8/h3-6,13H,1H3. The number of hydrogen-bond donors (Lipinski definition) is 1. The van der Waals surface area contributed by atoms with Crippen LogP contribution < -0.4 is 4.31 Å². The second kappa shape index (κ2) is 4.04. The summed E-state index contributed by atoms with van der Waals surface area (Å²) in [5, 5.41) is 0. The Morgan fingerprint density at radius 2 is 1.92 bits per heavy atom. The zero-order valence-electron chi connectivity index (χ0n) is 6.93. The first kappa shape index (κ1) is 9.73. The van der Waals surface area contributed by atoms with E-state index in [0.717, 1.165) is 0 Å². The van der Waals surface area contributed by atoms with E-state index in [9.17, 15) is 13.2 Å². The highest BCUT2D eigenvalue weighted by Gasteiger charge is 2.12. The van der Waals surface area contributed by atoms with Gasteiger partial charge in [-0.05, 0) is 18.2 Å². The molecule has 13 heavy (non-hydrogen) atoms. The number of carbonyl (C=O) groups excluding carboxylic acids is 1. The fourth-order valence-corrected chi connectivity index (χ4v) is 1.46. The summed E-state index contributed by atoms with van der Waals surface area (Å²) in [6, 6.07) is 8.84. The lowest BCUT2D eigenvalue weighted by molar-refractivity contribution is -0.115. The van der Waals surface area contributed by atoms with Crippen LogP contribution in [0.2, 0.25) is 0 Å². The van der Waals surface area contributed by atoms with Crippen LogP contribution in [0.15, 0.2) is 24.3 Å². The summed E-state index contributed by atoms with van der Waals surface area (Å²) >= 11 is 0. The van der Waals surface area contributed by atoms with Gasteiger partial charge in [0.05, 0.1) is 5.69 Å². The minimum atomic E-state index is -2.91. The van der Waals surface area contributed by atoms with Crippen molar-refractivity contribution in [1.29, 1.82) is 0 Å². The van der Waals surface area contributed by atoms with Gasteiger partial charge in [0, 0.05) is 6.92 Å². The Morgan fingerprint density at radius 1 is 1.38 bits per heavy atom. The summed E-state index contributed by atoms with van der Waals surface area (Å²) in [5.41, 5.74) is 0.336. The van der Waals surface area contributed by atoms with Crippen molar-refractivity contribution in [3.8, 4) is 0 Å². The fraction of sp³-hybridized carbons (Fsp3) is 0.125. The molecule has 1 amide bonds. The lowest BCUT2D eigenvalue weighted by Gasteiger charge is -2.12. The number of hydrogen-bond acceptors (Lipinski definition) is 3. The Kier molecular flexibility index (Phi) is 3.02. The third kappa shape index (κ3) is 2.29. The normalized spacial score (nSPS) is 10.0. The zero-order valence-corrected chi connectivity index (χ0v) is 7.82. The van der Waals surface area contributed by atoms with Crippen LogP contribution in [0.5, 0.6) is 0 Å². The van der Waals surface area contributed by atoms with Crippen molar-refractivity contribution >= 4 is 22.5 Å². The SMILES string of the molecule is CC(=O)N(c1cc[c]cc1)[SH](=O)=O. The van der Waals surface area contributed by atoms with E-state index in [2.05, 4.69) is 6.07 Å². The van der Waals surface area contributed by atoms with Gasteiger partial charge < -0.3 is 0 Å². The van der Waals surface area contributed by atoms with E-state index < -0.39 is 16.8 Å². The van der Waals surface area contributed by atoms with E-state index in [1.807, 2.05) is 0 Å². The summed E-state index contributed by atoms with van der Waals surface area (Å²) in [7, 11) is -2.91. The summed E-state index contributed by atoms with van der Waals surface area (Å²) in [5.74, 6) is -0.526. The smallest absolute Gasteiger partial charge is 0.237 e. The molecule has 0 bridgehead atoms. The van der Waals surface area contributed by atoms with Gasteiger partial charge >= 0.3 is 0 Å². The van der Waals surface area contributed by atoms with Crippen LogP contribution in [0.3, 0.4) is 0 Å². The van der Waals surface area contributed by atoms with Crippen molar-refractivity contribution in [3.05, 3.63) is 30.3 Å². The monoisotopic (exact) mass is 198 g/mol. The van der Waals surface area contributed by atoms with Crippen molar-refractivity contribution < 1.29 is 13.2 Å². The zero-order chi connectivity index (χ0) is 9.84. The number of rotatable bonds is 2. The first-order valence-electron chi connectivity index (χ1n) is 3.54. The van der Waals surface area contributed by atoms with Gasteiger partial charge in [-0.1, -0.05) is 12.1 Å². The number of carbonyl (C=O) groups is 1. The summed E-state index contributed by atoms with van der Waals surface area (Å²) < 4.78 is 22.1. The molecule has 1 radical (unpaired) electrons. The molecule has 1 rings (SSSR count). The minimum Gasteiger partial charge on any atom is -0.274 e. The van der Waals surface area contributed by atoms with Crippen LogP contribution in [0, 0.1) is 6.07 Å². The second-order valence-corrected chi connectivity index (χ2v) is 3.20. The van der Waals surface area contributed by atoms with Crippen LogP contribution in [0.4, 0.5) is 5.69 Å². The predicted molar refractivity (Wildman–Crippen MR) is 48.8 cm³/mol. The van der Waals surface area contributed by atoms with Crippen molar-refractivity contribution in [2.24, 2.45) is 0 Å². The van der Waals surface area contributed by atoms with Crippen LogP contribution in [0.1, 0.15) is 6.92 Å². The third-order valence-corrected chi connectivity index (χ3v) is 2.25. The molecule has 4 nitrogen and oxygen atoms in total. The van der Waals surface area contributed by atoms with Gasteiger partial charge in [-0.2, -0.15) is 0 Å². The molecule has 0 spiro atoms. The Labute approximate surface area is 77.9 Å². The van der Waals surface area contributed by atoms with Crippen molar-refractivity contribution in [2.75, 3.05) is 4.31 Å². The second-order valence-electron chi connectivity index (χ2n) is 2.33. The molecule has 0 aliphatic rings. The Hall–Kier alpha value is -1.36. The largest absolute Gasteiger partial charge is 0.274 e. The molecule has 0 saturated heterocycles. The summed E-state index contributed by atoms with van der Waals surface area (Å²) in [6.45, 7) is 1.20. The van der Waals surface area contributed by atoms with Crippen molar-refractivity contribution in [1.82, 2.24) is 0 Å². The molecule has 69 valence electrons. The molecule has 1 aromatic rings. The molecule has 0 saturated carbocycles. The Morgan fingerprint density at radius 3 is 2.31 bits per heavy atom. The molecule has 0 heterocycles. The van der Waals surface area contributed by atoms with E-state index in [4.69, 9.17) is 0 Å². The highest BCUT2D eigenvalue weighted by atomic mass is 32.2. The number of anilines is 1. The van der Waals surface area contributed by atoms with Crippen LogP contribution in [-0.4, -0.2) is 14.3 Å². The fourth-order valence-electron chi connectivity index (χ4n) is 0.910. The van der Waals surface area contributed by atoms with E-state index in [-0.39, 0.29) is 0 Å². The molecule has 0 N–H and O–H groups in total. The van der Waals surface area contributed by atoms with E-state index in [1.165, 1.54) is 19.1 Å². The van der Waals surface area contributed by atoms with Gasteiger partial charge in [0.25, 0.3) is 0 Å². The van der Waals surface area contributed by atoms with Gasteiger partial charge in [-0.3, -0.25) is 4.79 Å². The molecule has 0 fully saturated rings. The van der Waals surface area contributed by atoms with Gasteiger partial charge in [0.15, 0.2) is 0 Å². The minimum absolute atomic E-state index is 0.336. The highest BCUT2D eigenvalue weighted by Crippen LogP contribution is 2.12. The number of nitrogens with zero attached hydrogens (tertiary/aromatic N) is 1. The van der Waals surface area contributed by atoms with Crippen LogP contribution in [0.25, 0.3) is 0 Å². The topological polar surface area (TPSA) is 54.5 Å². The number of amides is 1. The molecule has 0 aromatic heterocycles. The van der Waals surface area contributed by atoms with Gasteiger partial charge in [0.2, 0.25) is 16.8 Å². The van der Waals surface area contributed by atoms with Gasteiger partial charge in [0.1, 0.15) is 0 Å². The predicted octanol–water partition coefficient (Wildman–Crippen LogP) is 0.366. The molecule has 5 heteroatoms. The number of benzene rings is 1. The first-order chi connectivity index (χ1) is 6.13. The maximum atomic E-state index is 10.9. The van der Waals surface area contributed by atoms with E-state index in [1.54, 1.807) is 12.1 Å². The number of thiol groups is 1. The Bertz CT molecular complexity index is 364. The summed E-state index contributed by atoms with van der Waals surface area (Å²) in [4.78, 5) is 10.9. The van der Waals surface area contributed by atoms with Crippen LogP contribution >= 0.6 is 0 Å². The van der Waals surface area contributed by atoms with Gasteiger partial charge in [-0.15, -0.1) is 0 Å². The van der Waals surface area contributed by atoms with Crippen molar-refractivity contribution in [2.45, 2.75) is 6.92 Å². The average Bonchev–Trinajstić information content (AvgIpc) is 2.04. The third-order valence-electron chi connectivity index (χ3n) is 1.41. The maximum Gasteiger partial charge on any atom is 0.237 e. The van der Waals surface area contributed by atoms with E-state index >= 15 is 0 Å². The summed E-state index contributed by atoms with van der Waals surface area (Å²) in [6.07, 6.45) is 0. The average molecular weight is 198 g/mol. The molecule has 0 unspecified atom stereocenters. The molecular formula is C8H8NO3S. The van der Waals surface area contributed by atoms with Crippen molar-refractivity contribution in [3.63, 3.8) is 0 Å². The quantitative estimate of drug-likeness (QED) is 0.698. The molecule has 0 atom stereocenters. The first-order valence-corrected chi connectivity index (χ1v) is 4.67. The lowest BCUT2D eigenvalue weighted by atomic mass is 10.3. The Balaban J connectivity index is 3.10. The van der Waals surface area contributed by atoms with Crippen LogP contribution in [-0.2, 0) is 15.7 Å². The highest BCUT2D eigenvalue weighted by molar-refractivity contribution is 7.75.